The molecule has 0 unspecified atom stereocenters. The van der Waals surface area contributed by atoms with Gasteiger partial charge in [-0.1, -0.05) is 18.2 Å². The summed E-state index contributed by atoms with van der Waals surface area (Å²) in [6.45, 7) is 0. The van der Waals surface area contributed by atoms with E-state index in [-0.39, 0.29) is 24.6 Å². The first-order valence-electron chi connectivity index (χ1n) is 6.12. The largest absolute Gasteiger partial charge is 0.480 e. The van der Waals surface area contributed by atoms with E-state index in [4.69, 9.17) is 15.9 Å². The summed E-state index contributed by atoms with van der Waals surface area (Å²) < 4.78 is 0. The van der Waals surface area contributed by atoms with Crippen LogP contribution >= 0.6 is 0 Å². The number of nitrogens with zero attached hydrogens (tertiary/aromatic N) is 2. The lowest BCUT2D eigenvalue weighted by molar-refractivity contribution is -0.138. The zero-order chi connectivity index (χ0) is 14.7. The minimum absolute atomic E-state index is 0.0106. The number of hydrogen-bond donors (Lipinski definition) is 3. The standard InChI is InChI=1S/C13H15N3O4/c14-10(12(17)18)6-9-7-11(13(19)20)15-16(9)8-4-2-1-3-5-8/h1-5,9-10H,6-7,14H2,(H,17,18)(H,19,20)/t9-,10-/m1/s1. The van der Waals surface area contributed by atoms with Crippen LogP contribution < -0.4 is 10.7 Å². The lowest BCUT2D eigenvalue weighted by atomic mass is 10.0. The molecule has 106 valence electrons. The first-order chi connectivity index (χ1) is 9.49. The van der Waals surface area contributed by atoms with Crippen LogP contribution in [-0.2, 0) is 9.59 Å². The van der Waals surface area contributed by atoms with Crippen LogP contribution in [0.15, 0.2) is 35.4 Å². The molecule has 0 fully saturated rings. The number of hydrogen-bond acceptors (Lipinski definition) is 5. The van der Waals surface area contributed by atoms with E-state index in [1.54, 1.807) is 24.3 Å². The molecule has 1 aliphatic rings. The quantitative estimate of drug-likeness (QED) is 0.722. The summed E-state index contributed by atoms with van der Waals surface area (Å²) in [5.41, 5.74) is 6.26. The molecule has 2 rings (SSSR count). The monoisotopic (exact) mass is 277 g/mol. The third kappa shape index (κ3) is 2.94. The first-order valence-corrected chi connectivity index (χ1v) is 6.12. The molecule has 7 heteroatoms. The van der Waals surface area contributed by atoms with Gasteiger partial charge in [-0.3, -0.25) is 9.80 Å². The number of carboxylic acids is 2. The number of carboxylic acid groups (broad SMARTS) is 2. The highest BCUT2D eigenvalue weighted by atomic mass is 16.4. The summed E-state index contributed by atoms with van der Waals surface area (Å²) in [7, 11) is 0. The molecule has 1 heterocycles. The number of nitrogens with two attached hydrogens (primary N) is 1. The average Bonchev–Trinajstić information content (AvgIpc) is 2.83. The number of para-hydroxylation sites is 1. The molecule has 0 saturated carbocycles. The lowest BCUT2D eigenvalue weighted by Crippen LogP contribution is -2.38. The van der Waals surface area contributed by atoms with Gasteiger partial charge >= 0.3 is 11.9 Å². The van der Waals surface area contributed by atoms with Crippen LogP contribution in [0.1, 0.15) is 12.8 Å². The summed E-state index contributed by atoms with van der Waals surface area (Å²) >= 11 is 0. The molecule has 20 heavy (non-hydrogen) atoms. The van der Waals surface area contributed by atoms with Gasteiger partial charge in [-0.05, 0) is 18.6 Å². The van der Waals surface area contributed by atoms with Crippen LogP contribution in [0.2, 0.25) is 0 Å². The molecule has 2 atom stereocenters. The van der Waals surface area contributed by atoms with Crippen molar-refractivity contribution >= 4 is 23.3 Å². The zero-order valence-electron chi connectivity index (χ0n) is 10.6. The van der Waals surface area contributed by atoms with E-state index in [0.717, 1.165) is 0 Å². The maximum absolute atomic E-state index is 11.0. The fourth-order valence-corrected chi connectivity index (χ4v) is 2.12. The van der Waals surface area contributed by atoms with Crippen molar-refractivity contribution in [3.8, 4) is 0 Å². The van der Waals surface area contributed by atoms with Crippen molar-refractivity contribution in [2.75, 3.05) is 5.01 Å². The molecule has 0 radical (unpaired) electrons. The topological polar surface area (TPSA) is 116 Å². The van der Waals surface area contributed by atoms with E-state index in [1.807, 2.05) is 6.07 Å². The Kier molecular flexibility index (Phi) is 3.99. The van der Waals surface area contributed by atoms with Gasteiger partial charge in [0.2, 0.25) is 0 Å². The van der Waals surface area contributed by atoms with Crippen LogP contribution in [0, 0.1) is 0 Å². The number of hydrazone groups is 1. The summed E-state index contributed by atoms with van der Waals surface area (Å²) in [4.78, 5) is 21.9. The van der Waals surface area contributed by atoms with Crippen molar-refractivity contribution < 1.29 is 19.8 Å². The summed E-state index contributed by atoms with van der Waals surface area (Å²) in [5, 5.41) is 23.5. The van der Waals surface area contributed by atoms with Crippen LogP contribution in [-0.4, -0.2) is 39.9 Å². The third-order valence-corrected chi connectivity index (χ3v) is 3.11. The molecule has 0 saturated heterocycles. The van der Waals surface area contributed by atoms with Crippen molar-refractivity contribution in [1.29, 1.82) is 0 Å². The fraction of sp³-hybridized carbons (Fsp3) is 0.308. The smallest absolute Gasteiger partial charge is 0.352 e. The molecule has 0 aliphatic carbocycles. The lowest BCUT2D eigenvalue weighted by Gasteiger charge is -2.24. The second-order valence-corrected chi connectivity index (χ2v) is 4.57. The zero-order valence-corrected chi connectivity index (χ0v) is 10.6. The second kappa shape index (κ2) is 5.70. The Bertz CT molecular complexity index is 544. The van der Waals surface area contributed by atoms with Crippen LogP contribution in [0.4, 0.5) is 5.69 Å². The van der Waals surface area contributed by atoms with Gasteiger partial charge in [-0.25, -0.2) is 4.79 Å². The summed E-state index contributed by atoms with van der Waals surface area (Å²) in [6, 6.07) is 7.60. The van der Waals surface area contributed by atoms with Crippen molar-refractivity contribution in [1.82, 2.24) is 0 Å². The summed E-state index contributed by atoms with van der Waals surface area (Å²) in [6.07, 6.45) is 0.301. The maximum atomic E-state index is 11.0. The molecule has 0 amide bonds. The predicted molar refractivity (Wildman–Crippen MR) is 72.6 cm³/mol. The number of benzene rings is 1. The fourth-order valence-electron chi connectivity index (χ4n) is 2.12. The number of rotatable bonds is 5. The summed E-state index contributed by atoms with van der Waals surface area (Å²) in [5.74, 6) is -2.21. The number of anilines is 1. The molecule has 1 aromatic rings. The predicted octanol–water partition coefficient (Wildman–Crippen LogP) is 0.508. The normalized spacial score (nSPS) is 19.6. The van der Waals surface area contributed by atoms with E-state index in [1.165, 1.54) is 5.01 Å². The van der Waals surface area contributed by atoms with E-state index in [2.05, 4.69) is 5.10 Å². The first kappa shape index (κ1) is 14.0. The van der Waals surface area contributed by atoms with Crippen molar-refractivity contribution in [2.24, 2.45) is 10.8 Å². The highest BCUT2D eigenvalue weighted by Gasteiger charge is 2.33. The van der Waals surface area contributed by atoms with Gasteiger partial charge in [0.05, 0.1) is 11.7 Å². The average molecular weight is 277 g/mol. The van der Waals surface area contributed by atoms with Crippen LogP contribution in [0.3, 0.4) is 0 Å². The Morgan fingerprint density at radius 2 is 2.00 bits per heavy atom. The van der Waals surface area contributed by atoms with Crippen LogP contribution in [0.5, 0.6) is 0 Å². The van der Waals surface area contributed by atoms with Gasteiger partial charge < -0.3 is 15.9 Å². The van der Waals surface area contributed by atoms with E-state index in [9.17, 15) is 9.59 Å². The van der Waals surface area contributed by atoms with Gasteiger partial charge in [0.1, 0.15) is 11.8 Å². The molecule has 1 aliphatic heterocycles. The van der Waals surface area contributed by atoms with Gasteiger partial charge in [0.25, 0.3) is 0 Å². The second-order valence-electron chi connectivity index (χ2n) is 4.57. The highest BCUT2D eigenvalue weighted by molar-refractivity contribution is 6.36. The Morgan fingerprint density at radius 3 is 2.55 bits per heavy atom. The van der Waals surface area contributed by atoms with E-state index in [0.29, 0.717) is 5.69 Å². The number of aliphatic carboxylic acids is 2. The Labute approximate surface area is 115 Å². The SMILES string of the molecule is N[C@H](C[C@@H]1CC(C(=O)O)=NN1c1ccccc1)C(=O)O. The third-order valence-electron chi connectivity index (χ3n) is 3.11. The molecular formula is C13H15N3O4. The molecular weight excluding hydrogens is 262 g/mol. The van der Waals surface area contributed by atoms with Crippen molar-refractivity contribution in [3.63, 3.8) is 0 Å². The molecule has 1 aromatic carbocycles. The highest BCUT2D eigenvalue weighted by Crippen LogP contribution is 2.26. The number of carbonyl (C=O) groups is 2. The van der Waals surface area contributed by atoms with Gasteiger partial charge in [-0.2, -0.15) is 5.10 Å². The Balaban J connectivity index is 2.23. The van der Waals surface area contributed by atoms with Crippen molar-refractivity contribution in [2.45, 2.75) is 24.9 Å². The van der Waals surface area contributed by atoms with Crippen LogP contribution in [0.25, 0.3) is 0 Å². The molecule has 7 nitrogen and oxygen atoms in total. The van der Waals surface area contributed by atoms with E-state index >= 15 is 0 Å². The van der Waals surface area contributed by atoms with Crippen molar-refractivity contribution in [3.05, 3.63) is 30.3 Å². The van der Waals surface area contributed by atoms with Gasteiger partial charge in [-0.15, -0.1) is 0 Å². The molecule has 0 spiro atoms. The Morgan fingerprint density at radius 1 is 1.35 bits per heavy atom. The Hall–Kier alpha value is -2.41. The maximum Gasteiger partial charge on any atom is 0.352 e. The van der Waals surface area contributed by atoms with Gasteiger partial charge in [0, 0.05) is 6.42 Å². The minimum atomic E-state index is -1.11. The molecule has 0 aromatic heterocycles. The molecule has 4 N–H and O–H groups in total. The van der Waals surface area contributed by atoms with E-state index < -0.39 is 18.0 Å². The molecule has 0 bridgehead atoms. The minimum Gasteiger partial charge on any atom is -0.480 e. The van der Waals surface area contributed by atoms with Gasteiger partial charge in [0.15, 0.2) is 0 Å².